The summed E-state index contributed by atoms with van der Waals surface area (Å²) in [4.78, 5) is -0.116. The van der Waals surface area contributed by atoms with Crippen molar-refractivity contribution in [3.8, 4) is 0 Å². The minimum atomic E-state index is -3.76. The Morgan fingerprint density at radius 3 is 2.52 bits per heavy atom. The summed E-state index contributed by atoms with van der Waals surface area (Å²) in [6.45, 7) is 4.39. The molecule has 0 aromatic heterocycles. The Morgan fingerprint density at radius 2 is 1.95 bits per heavy atom. The molecule has 2 rings (SSSR count). The Morgan fingerprint density at radius 1 is 1.33 bits per heavy atom. The predicted molar refractivity (Wildman–Crippen MR) is 81.8 cm³/mol. The zero-order valence-electron chi connectivity index (χ0n) is 12.5. The van der Waals surface area contributed by atoms with Crippen molar-refractivity contribution in [3.05, 3.63) is 24.0 Å². The fourth-order valence-corrected chi connectivity index (χ4v) is 4.84. The average Bonchev–Trinajstić information content (AvgIpc) is 2.92. The SMILES string of the molecule is CC(C)CN(C1CCCC1)S(=O)(=O)c1cccc(F)c1N. The van der Waals surface area contributed by atoms with Crippen LogP contribution in [0.5, 0.6) is 0 Å². The van der Waals surface area contributed by atoms with E-state index in [4.69, 9.17) is 5.73 Å². The largest absolute Gasteiger partial charge is 0.395 e. The first-order valence-corrected chi connectivity index (χ1v) is 8.84. The topological polar surface area (TPSA) is 63.4 Å². The van der Waals surface area contributed by atoms with Crippen LogP contribution in [0.4, 0.5) is 10.1 Å². The van der Waals surface area contributed by atoms with E-state index >= 15 is 0 Å². The van der Waals surface area contributed by atoms with Crippen molar-refractivity contribution in [3.63, 3.8) is 0 Å². The molecule has 1 aromatic carbocycles. The molecule has 21 heavy (non-hydrogen) atoms. The average molecular weight is 314 g/mol. The molecule has 4 nitrogen and oxygen atoms in total. The number of benzene rings is 1. The molecule has 0 aliphatic heterocycles. The molecule has 1 aliphatic rings. The Hall–Kier alpha value is -1.14. The summed E-state index contributed by atoms with van der Waals surface area (Å²) >= 11 is 0. The molecule has 0 spiro atoms. The lowest BCUT2D eigenvalue weighted by Gasteiger charge is -2.30. The number of hydrogen-bond acceptors (Lipinski definition) is 3. The highest BCUT2D eigenvalue weighted by molar-refractivity contribution is 7.89. The number of hydrogen-bond donors (Lipinski definition) is 1. The second-order valence-electron chi connectivity index (χ2n) is 6.06. The molecular formula is C15H23FN2O2S. The van der Waals surface area contributed by atoms with Crippen molar-refractivity contribution in [2.75, 3.05) is 12.3 Å². The normalized spacial score (nSPS) is 17.0. The summed E-state index contributed by atoms with van der Waals surface area (Å²) in [7, 11) is -3.76. The second kappa shape index (κ2) is 6.32. The quantitative estimate of drug-likeness (QED) is 0.850. The first-order chi connectivity index (χ1) is 9.84. The summed E-state index contributed by atoms with van der Waals surface area (Å²) in [5, 5.41) is 0. The molecule has 0 saturated heterocycles. The molecule has 1 fully saturated rings. The van der Waals surface area contributed by atoms with Gasteiger partial charge in [0.1, 0.15) is 10.7 Å². The molecule has 1 aliphatic carbocycles. The Kier molecular flexibility index (Phi) is 4.88. The van der Waals surface area contributed by atoms with E-state index in [1.54, 1.807) is 0 Å². The minimum absolute atomic E-state index is 0.0000624. The monoisotopic (exact) mass is 314 g/mol. The van der Waals surface area contributed by atoms with Crippen LogP contribution >= 0.6 is 0 Å². The van der Waals surface area contributed by atoms with Crippen molar-refractivity contribution < 1.29 is 12.8 Å². The summed E-state index contributed by atoms with van der Waals surface area (Å²) in [5.41, 5.74) is 5.37. The highest BCUT2D eigenvalue weighted by atomic mass is 32.2. The number of para-hydroxylation sites is 1. The summed E-state index contributed by atoms with van der Waals surface area (Å²) in [6, 6.07) is 3.95. The third kappa shape index (κ3) is 3.37. The molecule has 0 bridgehead atoms. The van der Waals surface area contributed by atoms with Crippen molar-refractivity contribution in [1.82, 2.24) is 4.31 Å². The van der Waals surface area contributed by atoms with Crippen LogP contribution in [0.25, 0.3) is 0 Å². The standard InChI is InChI=1S/C15H23FN2O2S/c1-11(2)10-18(12-6-3-4-7-12)21(19,20)14-9-5-8-13(16)15(14)17/h5,8-9,11-12H,3-4,6-7,10,17H2,1-2H3. The van der Waals surface area contributed by atoms with Crippen LogP contribution in [-0.4, -0.2) is 25.3 Å². The number of anilines is 1. The van der Waals surface area contributed by atoms with Gasteiger partial charge in [0.05, 0.1) is 5.69 Å². The van der Waals surface area contributed by atoms with E-state index in [0.29, 0.717) is 6.54 Å². The molecule has 118 valence electrons. The van der Waals surface area contributed by atoms with Gasteiger partial charge in [0.15, 0.2) is 0 Å². The Bertz CT molecular complexity index is 596. The Labute approximate surface area is 126 Å². The maximum Gasteiger partial charge on any atom is 0.245 e. The van der Waals surface area contributed by atoms with Crippen LogP contribution in [0.15, 0.2) is 23.1 Å². The van der Waals surface area contributed by atoms with Gasteiger partial charge in [-0.3, -0.25) is 0 Å². The molecule has 0 radical (unpaired) electrons. The molecule has 6 heteroatoms. The smallest absolute Gasteiger partial charge is 0.245 e. The van der Waals surface area contributed by atoms with E-state index in [-0.39, 0.29) is 22.5 Å². The molecule has 0 amide bonds. The van der Waals surface area contributed by atoms with E-state index in [2.05, 4.69) is 0 Å². The van der Waals surface area contributed by atoms with Crippen LogP contribution in [0, 0.1) is 11.7 Å². The summed E-state index contributed by atoms with van der Waals surface area (Å²) < 4.78 is 40.9. The Balaban J connectivity index is 2.43. The van der Waals surface area contributed by atoms with Crippen LogP contribution in [0.1, 0.15) is 39.5 Å². The van der Waals surface area contributed by atoms with Gasteiger partial charge in [-0.25, -0.2) is 12.8 Å². The van der Waals surface area contributed by atoms with Gasteiger partial charge in [-0.05, 0) is 30.9 Å². The van der Waals surface area contributed by atoms with E-state index in [1.807, 2.05) is 13.8 Å². The minimum Gasteiger partial charge on any atom is -0.395 e. The fraction of sp³-hybridized carbons (Fsp3) is 0.600. The first-order valence-electron chi connectivity index (χ1n) is 7.40. The van der Waals surface area contributed by atoms with Gasteiger partial charge in [-0.15, -0.1) is 0 Å². The molecule has 2 N–H and O–H groups in total. The van der Waals surface area contributed by atoms with Crippen LogP contribution in [0.3, 0.4) is 0 Å². The number of rotatable bonds is 5. The van der Waals surface area contributed by atoms with Crippen molar-refractivity contribution in [2.24, 2.45) is 5.92 Å². The maximum absolute atomic E-state index is 13.6. The zero-order chi connectivity index (χ0) is 15.6. The van der Waals surface area contributed by atoms with E-state index in [0.717, 1.165) is 25.7 Å². The lowest BCUT2D eigenvalue weighted by Crippen LogP contribution is -2.41. The van der Waals surface area contributed by atoms with Crippen molar-refractivity contribution in [2.45, 2.75) is 50.5 Å². The maximum atomic E-state index is 13.6. The van der Waals surface area contributed by atoms with Gasteiger partial charge < -0.3 is 5.73 Å². The van der Waals surface area contributed by atoms with Gasteiger partial charge in [0, 0.05) is 12.6 Å². The number of sulfonamides is 1. The number of nitrogen functional groups attached to an aromatic ring is 1. The molecule has 0 unspecified atom stereocenters. The number of halogens is 1. The number of nitrogens with two attached hydrogens (primary N) is 1. The lowest BCUT2D eigenvalue weighted by molar-refractivity contribution is 0.292. The number of nitrogens with zero attached hydrogens (tertiary/aromatic N) is 1. The molecule has 1 saturated carbocycles. The van der Waals surface area contributed by atoms with Crippen LogP contribution < -0.4 is 5.73 Å². The van der Waals surface area contributed by atoms with Gasteiger partial charge in [-0.2, -0.15) is 4.31 Å². The van der Waals surface area contributed by atoms with Gasteiger partial charge in [-0.1, -0.05) is 32.8 Å². The predicted octanol–water partition coefficient (Wildman–Crippen LogP) is 3.00. The van der Waals surface area contributed by atoms with Crippen molar-refractivity contribution in [1.29, 1.82) is 0 Å². The van der Waals surface area contributed by atoms with E-state index in [9.17, 15) is 12.8 Å². The fourth-order valence-electron chi connectivity index (χ4n) is 2.86. The van der Waals surface area contributed by atoms with E-state index < -0.39 is 15.8 Å². The summed E-state index contributed by atoms with van der Waals surface area (Å²) in [5.74, 6) is -0.484. The van der Waals surface area contributed by atoms with Crippen LogP contribution in [-0.2, 0) is 10.0 Å². The summed E-state index contributed by atoms with van der Waals surface area (Å²) in [6.07, 6.45) is 3.79. The van der Waals surface area contributed by atoms with E-state index in [1.165, 1.54) is 22.5 Å². The zero-order valence-corrected chi connectivity index (χ0v) is 13.4. The molecular weight excluding hydrogens is 291 g/mol. The lowest BCUT2D eigenvalue weighted by atomic mass is 10.2. The molecule has 0 heterocycles. The second-order valence-corrected chi connectivity index (χ2v) is 7.92. The molecule has 1 aromatic rings. The first kappa shape index (κ1) is 16.2. The van der Waals surface area contributed by atoms with Gasteiger partial charge in [0.2, 0.25) is 10.0 Å². The van der Waals surface area contributed by atoms with Crippen molar-refractivity contribution >= 4 is 15.7 Å². The van der Waals surface area contributed by atoms with Gasteiger partial charge in [0.25, 0.3) is 0 Å². The highest BCUT2D eigenvalue weighted by Crippen LogP contribution is 2.32. The third-order valence-electron chi connectivity index (χ3n) is 3.88. The van der Waals surface area contributed by atoms with Gasteiger partial charge >= 0.3 is 0 Å². The third-order valence-corrected chi connectivity index (χ3v) is 5.85. The molecule has 0 atom stereocenters. The van der Waals surface area contributed by atoms with Crippen LogP contribution in [0.2, 0.25) is 0 Å². The highest BCUT2D eigenvalue weighted by Gasteiger charge is 2.35.